The van der Waals surface area contributed by atoms with E-state index in [1.165, 1.54) is 5.56 Å². The summed E-state index contributed by atoms with van der Waals surface area (Å²) >= 11 is 0. The molecule has 1 aromatic carbocycles. The molecule has 0 aliphatic rings. The van der Waals surface area contributed by atoms with E-state index < -0.39 is 6.10 Å². The van der Waals surface area contributed by atoms with Gasteiger partial charge in [-0.2, -0.15) is 0 Å². The second-order valence-corrected chi connectivity index (χ2v) is 4.07. The fourth-order valence-electron chi connectivity index (χ4n) is 2.09. The van der Waals surface area contributed by atoms with Gasteiger partial charge >= 0.3 is 0 Å². The lowest BCUT2D eigenvalue weighted by atomic mass is 9.94. The SMILES string of the molecule is Cc1cc(C)c(C(O)CCN=[N+]=[N-])c(C)c1. The molecule has 0 heterocycles. The average Bonchev–Trinajstić information content (AvgIpc) is 2.16. The molecule has 0 amide bonds. The largest absolute Gasteiger partial charge is 0.388 e. The van der Waals surface area contributed by atoms with Crippen LogP contribution in [-0.2, 0) is 0 Å². The Hall–Kier alpha value is -1.51. The Kier molecular flexibility index (Phi) is 4.35. The van der Waals surface area contributed by atoms with E-state index in [4.69, 9.17) is 5.53 Å². The quantitative estimate of drug-likeness (QED) is 0.471. The van der Waals surface area contributed by atoms with Gasteiger partial charge in [0.2, 0.25) is 0 Å². The molecule has 86 valence electrons. The summed E-state index contributed by atoms with van der Waals surface area (Å²) in [5.74, 6) is 0. The predicted octanol–water partition coefficient (Wildman–Crippen LogP) is 3.35. The zero-order valence-electron chi connectivity index (χ0n) is 9.94. The first-order valence-corrected chi connectivity index (χ1v) is 5.33. The summed E-state index contributed by atoms with van der Waals surface area (Å²) in [5.41, 5.74) is 12.5. The van der Waals surface area contributed by atoms with E-state index in [2.05, 4.69) is 22.2 Å². The number of hydrogen-bond donors (Lipinski definition) is 1. The van der Waals surface area contributed by atoms with E-state index in [0.717, 1.165) is 16.7 Å². The maximum absolute atomic E-state index is 10.0. The van der Waals surface area contributed by atoms with Crippen molar-refractivity contribution in [1.29, 1.82) is 0 Å². The van der Waals surface area contributed by atoms with Crippen LogP contribution in [-0.4, -0.2) is 11.7 Å². The van der Waals surface area contributed by atoms with Crippen LogP contribution < -0.4 is 0 Å². The third-order valence-electron chi connectivity index (χ3n) is 2.64. The van der Waals surface area contributed by atoms with Crippen LogP contribution in [0.5, 0.6) is 0 Å². The number of hydrogen-bond acceptors (Lipinski definition) is 2. The highest BCUT2D eigenvalue weighted by Gasteiger charge is 2.12. The van der Waals surface area contributed by atoms with Crippen LogP contribution in [0.4, 0.5) is 0 Å². The Morgan fingerprint density at radius 2 is 1.88 bits per heavy atom. The van der Waals surface area contributed by atoms with Crippen LogP contribution in [0.2, 0.25) is 0 Å². The number of rotatable bonds is 4. The summed E-state index contributed by atoms with van der Waals surface area (Å²) in [5, 5.41) is 13.5. The topological polar surface area (TPSA) is 69.0 Å². The van der Waals surface area contributed by atoms with Gasteiger partial charge < -0.3 is 5.11 Å². The van der Waals surface area contributed by atoms with E-state index >= 15 is 0 Å². The van der Waals surface area contributed by atoms with Crippen molar-refractivity contribution in [3.05, 3.63) is 44.8 Å². The normalized spacial score (nSPS) is 12.0. The third kappa shape index (κ3) is 2.99. The van der Waals surface area contributed by atoms with Gasteiger partial charge in [-0.25, -0.2) is 0 Å². The van der Waals surface area contributed by atoms with Crippen LogP contribution in [0, 0.1) is 20.8 Å². The molecule has 1 rings (SSSR count). The molecular weight excluding hydrogens is 202 g/mol. The molecule has 0 aliphatic heterocycles. The Balaban J connectivity index is 2.90. The Morgan fingerprint density at radius 1 is 1.31 bits per heavy atom. The fraction of sp³-hybridized carbons (Fsp3) is 0.500. The highest BCUT2D eigenvalue weighted by atomic mass is 16.3. The Bertz CT molecular complexity index is 399. The van der Waals surface area contributed by atoms with Crippen molar-refractivity contribution >= 4 is 0 Å². The highest BCUT2D eigenvalue weighted by molar-refractivity contribution is 5.38. The third-order valence-corrected chi connectivity index (χ3v) is 2.64. The van der Waals surface area contributed by atoms with E-state index in [1.54, 1.807) is 0 Å². The molecule has 0 aromatic heterocycles. The Labute approximate surface area is 95.5 Å². The van der Waals surface area contributed by atoms with Crippen molar-refractivity contribution in [1.82, 2.24) is 0 Å². The minimum atomic E-state index is -0.550. The summed E-state index contributed by atoms with van der Waals surface area (Å²) in [6, 6.07) is 4.11. The van der Waals surface area contributed by atoms with Gasteiger partial charge in [0, 0.05) is 11.5 Å². The number of aliphatic hydroxyl groups is 1. The average molecular weight is 219 g/mol. The maximum atomic E-state index is 10.0. The lowest BCUT2D eigenvalue weighted by Gasteiger charge is -2.16. The summed E-state index contributed by atoms with van der Waals surface area (Å²) in [6.07, 6.45) is -0.0828. The molecule has 4 nitrogen and oxygen atoms in total. The van der Waals surface area contributed by atoms with Gasteiger partial charge in [0.15, 0.2) is 0 Å². The molecule has 4 heteroatoms. The van der Waals surface area contributed by atoms with Crippen molar-refractivity contribution < 1.29 is 5.11 Å². The number of azide groups is 1. The number of aliphatic hydroxyl groups excluding tert-OH is 1. The van der Waals surface area contributed by atoms with Crippen molar-refractivity contribution in [2.45, 2.75) is 33.3 Å². The molecule has 1 atom stereocenters. The monoisotopic (exact) mass is 219 g/mol. The molecule has 0 fully saturated rings. The highest BCUT2D eigenvalue weighted by Crippen LogP contribution is 2.25. The summed E-state index contributed by atoms with van der Waals surface area (Å²) < 4.78 is 0. The molecular formula is C12H17N3O. The van der Waals surface area contributed by atoms with Crippen LogP contribution in [0.3, 0.4) is 0 Å². The number of benzene rings is 1. The first-order valence-electron chi connectivity index (χ1n) is 5.33. The molecule has 1 aromatic rings. The summed E-state index contributed by atoms with van der Waals surface area (Å²) in [7, 11) is 0. The molecule has 0 spiro atoms. The maximum Gasteiger partial charge on any atom is 0.0796 e. The van der Waals surface area contributed by atoms with Crippen molar-refractivity contribution in [2.75, 3.05) is 6.54 Å². The van der Waals surface area contributed by atoms with Crippen molar-refractivity contribution in [3.8, 4) is 0 Å². The van der Waals surface area contributed by atoms with Crippen molar-refractivity contribution in [2.24, 2.45) is 5.11 Å². The molecule has 1 unspecified atom stereocenters. The van der Waals surface area contributed by atoms with Gasteiger partial charge in [-0.1, -0.05) is 22.8 Å². The minimum Gasteiger partial charge on any atom is -0.388 e. The summed E-state index contributed by atoms with van der Waals surface area (Å²) in [4.78, 5) is 2.67. The van der Waals surface area contributed by atoms with Gasteiger partial charge in [-0.3, -0.25) is 0 Å². The standard InChI is InChI=1S/C12H17N3O/c1-8-6-9(2)12(10(3)7-8)11(16)4-5-14-15-13/h6-7,11,16H,4-5H2,1-3H3. The Morgan fingerprint density at radius 3 is 2.38 bits per heavy atom. The molecule has 0 aliphatic carbocycles. The van der Waals surface area contributed by atoms with Crippen LogP contribution in [0.25, 0.3) is 10.4 Å². The van der Waals surface area contributed by atoms with E-state index in [1.807, 2.05) is 20.8 Å². The molecule has 16 heavy (non-hydrogen) atoms. The first kappa shape index (κ1) is 12.6. The van der Waals surface area contributed by atoms with E-state index in [-0.39, 0.29) is 0 Å². The first-order chi connectivity index (χ1) is 7.56. The van der Waals surface area contributed by atoms with Gasteiger partial charge in [0.05, 0.1) is 6.10 Å². The van der Waals surface area contributed by atoms with Crippen LogP contribution in [0.1, 0.15) is 34.8 Å². The molecule has 0 saturated heterocycles. The van der Waals surface area contributed by atoms with E-state index in [9.17, 15) is 5.11 Å². The molecule has 0 radical (unpaired) electrons. The van der Waals surface area contributed by atoms with E-state index in [0.29, 0.717) is 13.0 Å². The molecule has 0 saturated carbocycles. The zero-order chi connectivity index (χ0) is 12.1. The van der Waals surface area contributed by atoms with Gasteiger partial charge in [-0.15, -0.1) is 0 Å². The predicted molar refractivity (Wildman–Crippen MR) is 64.2 cm³/mol. The van der Waals surface area contributed by atoms with Gasteiger partial charge in [0.25, 0.3) is 0 Å². The minimum absolute atomic E-state index is 0.324. The number of aryl methyl sites for hydroxylation is 3. The van der Waals surface area contributed by atoms with Gasteiger partial charge in [0.1, 0.15) is 0 Å². The smallest absolute Gasteiger partial charge is 0.0796 e. The van der Waals surface area contributed by atoms with Gasteiger partial charge in [-0.05, 0) is 49.4 Å². The second kappa shape index (κ2) is 5.54. The fourth-order valence-corrected chi connectivity index (χ4v) is 2.09. The number of nitrogens with zero attached hydrogens (tertiary/aromatic N) is 3. The van der Waals surface area contributed by atoms with Crippen LogP contribution in [0.15, 0.2) is 17.2 Å². The van der Waals surface area contributed by atoms with Crippen LogP contribution >= 0.6 is 0 Å². The lowest BCUT2D eigenvalue weighted by Crippen LogP contribution is -2.04. The second-order valence-electron chi connectivity index (χ2n) is 4.07. The van der Waals surface area contributed by atoms with Crippen molar-refractivity contribution in [3.63, 3.8) is 0 Å². The zero-order valence-corrected chi connectivity index (χ0v) is 9.94. The molecule has 1 N–H and O–H groups in total. The summed E-state index contributed by atoms with van der Waals surface area (Å²) in [6.45, 7) is 6.35. The molecule has 0 bridgehead atoms. The lowest BCUT2D eigenvalue weighted by molar-refractivity contribution is 0.169.